The zero-order valence-corrected chi connectivity index (χ0v) is 12.7. The Hall–Kier alpha value is -1.16. The minimum Gasteiger partial charge on any atom is -0.388 e. The number of hydrogen-bond donors (Lipinski definition) is 1. The molecule has 19 heavy (non-hydrogen) atoms. The van der Waals surface area contributed by atoms with Crippen molar-refractivity contribution in [2.24, 2.45) is 11.1 Å². The SMILES string of the molecule is CCC1(CC)CCN(c2ccc(C(N)=S)nc2)CC1. The third-order valence-corrected chi connectivity index (χ3v) is 4.90. The molecule has 0 bridgehead atoms. The Morgan fingerprint density at radius 3 is 2.37 bits per heavy atom. The number of piperidine rings is 1. The summed E-state index contributed by atoms with van der Waals surface area (Å²) in [4.78, 5) is 7.10. The smallest absolute Gasteiger partial charge is 0.122 e. The summed E-state index contributed by atoms with van der Waals surface area (Å²) in [7, 11) is 0. The second-order valence-corrected chi connectivity index (χ2v) is 5.90. The lowest BCUT2D eigenvalue weighted by Crippen LogP contribution is -2.39. The van der Waals surface area contributed by atoms with Gasteiger partial charge >= 0.3 is 0 Å². The second kappa shape index (κ2) is 5.87. The fourth-order valence-corrected chi connectivity index (χ4v) is 3.04. The van der Waals surface area contributed by atoms with Crippen LogP contribution in [0.25, 0.3) is 0 Å². The van der Waals surface area contributed by atoms with Gasteiger partial charge in [-0.3, -0.25) is 4.98 Å². The lowest BCUT2D eigenvalue weighted by molar-refractivity contribution is 0.199. The van der Waals surface area contributed by atoms with Crippen LogP contribution >= 0.6 is 12.2 Å². The lowest BCUT2D eigenvalue weighted by atomic mass is 9.74. The van der Waals surface area contributed by atoms with Gasteiger partial charge in [0.25, 0.3) is 0 Å². The van der Waals surface area contributed by atoms with Crippen LogP contribution < -0.4 is 10.6 Å². The quantitative estimate of drug-likeness (QED) is 0.859. The molecule has 0 saturated carbocycles. The fraction of sp³-hybridized carbons (Fsp3) is 0.600. The number of thiocarbonyl (C=S) groups is 1. The Morgan fingerprint density at radius 2 is 1.95 bits per heavy atom. The van der Waals surface area contributed by atoms with Crippen LogP contribution in [0.2, 0.25) is 0 Å². The summed E-state index contributed by atoms with van der Waals surface area (Å²) in [5.74, 6) is 0. The highest BCUT2D eigenvalue weighted by Gasteiger charge is 2.31. The highest BCUT2D eigenvalue weighted by atomic mass is 32.1. The third-order valence-electron chi connectivity index (χ3n) is 4.69. The predicted molar refractivity (Wildman–Crippen MR) is 84.6 cm³/mol. The molecular formula is C15H23N3S. The first kappa shape index (κ1) is 14.3. The summed E-state index contributed by atoms with van der Waals surface area (Å²) < 4.78 is 0. The molecule has 2 heterocycles. The van der Waals surface area contributed by atoms with Gasteiger partial charge in [0.05, 0.1) is 17.6 Å². The fourth-order valence-electron chi connectivity index (χ4n) is 2.92. The topological polar surface area (TPSA) is 42.1 Å². The molecular weight excluding hydrogens is 254 g/mol. The van der Waals surface area contributed by atoms with Crippen LogP contribution in [-0.2, 0) is 0 Å². The zero-order chi connectivity index (χ0) is 13.9. The van der Waals surface area contributed by atoms with Crippen LogP contribution in [0.15, 0.2) is 18.3 Å². The van der Waals surface area contributed by atoms with E-state index in [-0.39, 0.29) is 0 Å². The summed E-state index contributed by atoms with van der Waals surface area (Å²) in [6, 6.07) is 3.99. The molecule has 0 radical (unpaired) electrons. The van der Waals surface area contributed by atoms with Crippen LogP contribution in [0.5, 0.6) is 0 Å². The molecule has 104 valence electrons. The average Bonchev–Trinajstić information content (AvgIpc) is 2.47. The summed E-state index contributed by atoms with van der Waals surface area (Å²) in [6.45, 7) is 6.88. The Balaban J connectivity index is 2.03. The maximum absolute atomic E-state index is 5.57. The molecule has 0 spiro atoms. The molecule has 1 aromatic rings. The van der Waals surface area contributed by atoms with Crippen LogP contribution in [0.3, 0.4) is 0 Å². The van der Waals surface area contributed by atoms with E-state index in [0.717, 1.165) is 13.1 Å². The molecule has 0 aromatic carbocycles. The Morgan fingerprint density at radius 1 is 1.32 bits per heavy atom. The standard InChI is InChI=1S/C15H23N3S/c1-3-15(4-2)7-9-18(10-8-15)12-5-6-13(14(16)19)17-11-12/h5-6,11H,3-4,7-10H2,1-2H3,(H2,16,19). The molecule has 2 N–H and O–H groups in total. The van der Waals surface area contributed by atoms with E-state index in [2.05, 4.69) is 29.8 Å². The first-order valence-corrected chi connectivity index (χ1v) is 7.52. The Bertz CT molecular complexity index is 427. The van der Waals surface area contributed by atoms with Gasteiger partial charge in [0.2, 0.25) is 0 Å². The third kappa shape index (κ3) is 3.06. The minimum atomic E-state index is 0.362. The van der Waals surface area contributed by atoms with Crippen LogP contribution in [-0.4, -0.2) is 23.1 Å². The van der Waals surface area contributed by atoms with Gasteiger partial charge < -0.3 is 10.6 Å². The van der Waals surface area contributed by atoms with Crippen molar-refractivity contribution in [3.8, 4) is 0 Å². The number of rotatable bonds is 4. The van der Waals surface area contributed by atoms with Gasteiger partial charge in [0, 0.05) is 13.1 Å². The van der Waals surface area contributed by atoms with Crippen molar-refractivity contribution in [3.63, 3.8) is 0 Å². The number of nitrogens with zero attached hydrogens (tertiary/aromatic N) is 2. The van der Waals surface area contributed by atoms with Gasteiger partial charge in [-0.15, -0.1) is 0 Å². The number of pyridine rings is 1. The maximum atomic E-state index is 5.57. The Kier molecular flexibility index (Phi) is 4.40. The summed E-state index contributed by atoms with van der Waals surface area (Å²) in [5.41, 5.74) is 8.01. The van der Waals surface area contributed by atoms with Crippen molar-refractivity contribution in [3.05, 3.63) is 24.0 Å². The van der Waals surface area contributed by atoms with E-state index in [0.29, 0.717) is 16.1 Å². The number of hydrogen-bond acceptors (Lipinski definition) is 3. The van der Waals surface area contributed by atoms with Crippen molar-refractivity contribution in [1.29, 1.82) is 0 Å². The van der Waals surface area contributed by atoms with Crippen molar-refractivity contribution in [1.82, 2.24) is 4.98 Å². The molecule has 1 aromatic heterocycles. The number of nitrogens with two attached hydrogens (primary N) is 1. The van der Waals surface area contributed by atoms with E-state index in [1.54, 1.807) is 0 Å². The zero-order valence-electron chi connectivity index (χ0n) is 11.9. The van der Waals surface area contributed by atoms with Crippen molar-refractivity contribution in [2.75, 3.05) is 18.0 Å². The van der Waals surface area contributed by atoms with Crippen molar-refractivity contribution < 1.29 is 0 Å². The van der Waals surface area contributed by atoms with E-state index in [1.165, 1.54) is 31.4 Å². The predicted octanol–water partition coefficient (Wildman–Crippen LogP) is 3.12. The van der Waals surface area contributed by atoms with Crippen LogP contribution in [0, 0.1) is 5.41 Å². The summed E-state index contributed by atoms with van der Waals surface area (Å²) in [5, 5.41) is 0. The first-order valence-electron chi connectivity index (χ1n) is 7.11. The molecule has 1 saturated heterocycles. The van der Waals surface area contributed by atoms with Gasteiger partial charge in [0.15, 0.2) is 0 Å². The van der Waals surface area contributed by atoms with Gasteiger partial charge in [-0.25, -0.2) is 0 Å². The van der Waals surface area contributed by atoms with Gasteiger partial charge in [-0.1, -0.05) is 38.9 Å². The Labute approximate surface area is 121 Å². The highest BCUT2D eigenvalue weighted by molar-refractivity contribution is 7.80. The molecule has 0 aliphatic carbocycles. The molecule has 2 rings (SSSR count). The van der Waals surface area contributed by atoms with E-state index in [4.69, 9.17) is 18.0 Å². The van der Waals surface area contributed by atoms with Gasteiger partial charge in [0.1, 0.15) is 4.99 Å². The molecule has 0 atom stereocenters. The number of aromatic nitrogens is 1. The first-order chi connectivity index (χ1) is 9.10. The molecule has 4 heteroatoms. The molecule has 1 aliphatic rings. The van der Waals surface area contributed by atoms with E-state index in [9.17, 15) is 0 Å². The molecule has 1 aliphatic heterocycles. The van der Waals surface area contributed by atoms with Gasteiger partial charge in [-0.2, -0.15) is 0 Å². The summed E-state index contributed by atoms with van der Waals surface area (Å²) >= 11 is 4.92. The summed E-state index contributed by atoms with van der Waals surface area (Å²) in [6.07, 6.45) is 7.01. The molecule has 1 fully saturated rings. The largest absolute Gasteiger partial charge is 0.388 e. The lowest BCUT2D eigenvalue weighted by Gasteiger charge is -2.41. The molecule has 0 unspecified atom stereocenters. The van der Waals surface area contributed by atoms with Crippen molar-refractivity contribution in [2.45, 2.75) is 39.5 Å². The van der Waals surface area contributed by atoms with Crippen LogP contribution in [0.1, 0.15) is 45.2 Å². The van der Waals surface area contributed by atoms with Gasteiger partial charge in [-0.05, 0) is 30.4 Å². The van der Waals surface area contributed by atoms with Crippen LogP contribution in [0.4, 0.5) is 5.69 Å². The normalized spacial score (nSPS) is 18.3. The second-order valence-electron chi connectivity index (χ2n) is 5.46. The van der Waals surface area contributed by atoms with E-state index in [1.807, 2.05) is 12.3 Å². The van der Waals surface area contributed by atoms with E-state index < -0.39 is 0 Å². The van der Waals surface area contributed by atoms with E-state index >= 15 is 0 Å². The molecule has 0 amide bonds. The van der Waals surface area contributed by atoms with Crippen molar-refractivity contribution >= 4 is 22.9 Å². The maximum Gasteiger partial charge on any atom is 0.122 e. The average molecular weight is 277 g/mol. The number of anilines is 1. The monoisotopic (exact) mass is 277 g/mol. The highest BCUT2D eigenvalue weighted by Crippen LogP contribution is 2.38. The molecule has 3 nitrogen and oxygen atoms in total. The minimum absolute atomic E-state index is 0.362.